The third-order valence-electron chi connectivity index (χ3n) is 3.36. The highest BCUT2D eigenvalue weighted by Crippen LogP contribution is 2.22. The van der Waals surface area contributed by atoms with Crippen LogP contribution in [-0.4, -0.2) is 49.1 Å². The zero-order valence-electron chi connectivity index (χ0n) is 13.5. The van der Waals surface area contributed by atoms with Gasteiger partial charge in [-0.25, -0.2) is 9.78 Å². The maximum Gasteiger partial charge on any atom is 0.410 e. The van der Waals surface area contributed by atoms with Gasteiger partial charge in [-0.3, -0.25) is 9.19 Å². The van der Waals surface area contributed by atoms with E-state index >= 15 is 0 Å². The molecule has 1 saturated heterocycles. The Kier molecular flexibility index (Phi) is 5.16. The Morgan fingerprint density at radius 1 is 1.36 bits per heavy atom. The molecular formula is C15H23N3O3S. The van der Waals surface area contributed by atoms with Gasteiger partial charge in [-0.05, 0) is 40.5 Å². The maximum absolute atomic E-state index is 12.7. The highest BCUT2D eigenvalue weighted by molar-refractivity contribution is 7.85. The van der Waals surface area contributed by atoms with Gasteiger partial charge in [0.15, 0.2) is 0 Å². The van der Waals surface area contributed by atoms with Crippen molar-refractivity contribution in [2.75, 3.05) is 13.1 Å². The molecule has 6 nitrogen and oxygen atoms in total. The highest BCUT2D eigenvalue weighted by Gasteiger charge is 2.31. The molecule has 0 saturated carbocycles. The summed E-state index contributed by atoms with van der Waals surface area (Å²) >= 11 is 0. The highest BCUT2D eigenvalue weighted by atomic mass is 32.2. The van der Waals surface area contributed by atoms with Crippen LogP contribution in [0.2, 0.25) is 0 Å². The molecule has 0 bridgehead atoms. The molecule has 122 valence electrons. The predicted molar refractivity (Wildman–Crippen MR) is 84.0 cm³/mol. The summed E-state index contributed by atoms with van der Waals surface area (Å²) in [5.74, 6) is 0. The number of hydrogen-bond donors (Lipinski definition) is 0. The van der Waals surface area contributed by atoms with Crippen molar-refractivity contribution in [1.29, 1.82) is 0 Å². The molecule has 0 radical (unpaired) electrons. The Hall–Kier alpha value is -1.50. The minimum atomic E-state index is -1.26. The number of nitrogens with zero attached hydrogens (tertiary/aromatic N) is 3. The summed E-state index contributed by atoms with van der Waals surface area (Å²) < 4.78 is 18.1. The third kappa shape index (κ3) is 4.25. The van der Waals surface area contributed by atoms with Gasteiger partial charge in [0.05, 0.1) is 21.7 Å². The summed E-state index contributed by atoms with van der Waals surface area (Å²) in [6.07, 6.45) is 4.42. The Bertz CT molecular complexity index is 571. The number of amides is 1. The van der Waals surface area contributed by atoms with E-state index in [1.807, 2.05) is 20.8 Å². The number of aromatic nitrogens is 2. The molecule has 0 spiro atoms. The maximum atomic E-state index is 12.7. The molecule has 1 amide bonds. The zero-order chi connectivity index (χ0) is 16.3. The van der Waals surface area contributed by atoms with Crippen LogP contribution < -0.4 is 0 Å². The first-order valence-corrected chi connectivity index (χ1v) is 8.65. The lowest BCUT2D eigenvalue weighted by Crippen LogP contribution is -2.46. The number of likely N-dealkylation sites (tertiary alicyclic amines) is 1. The Morgan fingerprint density at radius 2 is 2.05 bits per heavy atom. The van der Waals surface area contributed by atoms with Crippen LogP contribution in [0.5, 0.6) is 0 Å². The fourth-order valence-corrected chi connectivity index (χ4v) is 3.88. The minimum Gasteiger partial charge on any atom is -0.444 e. The number of rotatable bonds is 2. The molecule has 2 atom stereocenters. The van der Waals surface area contributed by atoms with Gasteiger partial charge in [0.25, 0.3) is 0 Å². The van der Waals surface area contributed by atoms with Gasteiger partial charge < -0.3 is 9.64 Å². The van der Waals surface area contributed by atoms with Gasteiger partial charge in [0.2, 0.25) is 0 Å². The van der Waals surface area contributed by atoms with Gasteiger partial charge in [-0.1, -0.05) is 0 Å². The molecule has 1 aromatic heterocycles. The summed E-state index contributed by atoms with van der Waals surface area (Å²) in [6.45, 7) is 8.39. The molecule has 2 heterocycles. The summed E-state index contributed by atoms with van der Waals surface area (Å²) in [7, 11) is -1.26. The average Bonchev–Trinajstić information content (AvgIpc) is 2.45. The summed E-state index contributed by atoms with van der Waals surface area (Å²) in [6, 6.07) is 0. The summed E-state index contributed by atoms with van der Waals surface area (Å²) in [4.78, 5) is 22.1. The Balaban J connectivity index is 2.06. The summed E-state index contributed by atoms with van der Waals surface area (Å²) in [5, 5.41) is 0.384. The van der Waals surface area contributed by atoms with E-state index in [0.717, 1.165) is 12.8 Å². The van der Waals surface area contributed by atoms with Crippen molar-refractivity contribution in [2.24, 2.45) is 0 Å². The van der Waals surface area contributed by atoms with Crippen LogP contribution >= 0.6 is 0 Å². The molecule has 0 N–H and O–H groups in total. The molecule has 2 rings (SSSR count). The second-order valence-corrected chi connectivity index (χ2v) is 8.08. The van der Waals surface area contributed by atoms with Crippen molar-refractivity contribution >= 4 is 16.9 Å². The zero-order valence-corrected chi connectivity index (χ0v) is 14.4. The smallest absolute Gasteiger partial charge is 0.410 e. The van der Waals surface area contributed by atoms with Crippen LogP contribution in [0.25, 0.3) is 0 Å². The molecule has 0 aromatic carbocycles. The average molecular weight is 325 g/mol. The first-order valence-electron chi connectivity index (χ1n) is 7.44. The topological polar surface area (TPSA) is 72.4 Å². The number of hydrogen-bond acceptors (Lipinski definition) is 5. The molecule has 0 aliphatic carbocycles. The Labute approximate surface area is 133 Å². The SMILES string of the molecule is Cc1nccnc1[S@](=O)[C@H]1CCCN(C(=O)OC(C)(C)C)C1. The molecule has 1 aromatic rings. The second-order valence-electron chi connectivity index (χ2n) is 6.43. The van der Waals surface area contributed by atoms with Crippen LogP contribution in [0.15, 0.2) is 17.4 Å². The van der Waals surface area contributed by atoms with E-state index in [0.29, 0.717) is 23.8 Å². The fraction of sp³-hybridized carbons (Fsp3) is 0.667. The lowest BCUT2D eigenvalue weighted by Gasteiger charge is -2.33. The van der Waals surface area contributed by atoms with Crippen LogP contribution in [0, 0.1) is 6.92 Å². The van der Waals surface area contributed by atoms with Crippen molar-refractivity contribution in [3.63, 3.8) is 0 Å². The van der Waals surface area contributed by atoms with Crippen molar-refractivity contribution in [1.82, 2.24) is 14.9 Å². The molecule has 1 aliphatic heterocycles. The monoisotopic (exact) mass is 325 g/mol. The van der Waals surface area contributed by atoms with Gasteiger partial charge >= 0.3 is 6.09 Å². The van der Waals surface area contributed by atoms with E-state index in [-0.39, 0.29) is 11.3 Å². The molecule has 1 fully saturated rings. The van der Waals surface area contributed by atoms with Crippen LogP contribution in [0.4, 0.5) is 4.79 Å². The van der Waals surface area contributed by atoms with Crippen molar-refractivity contribution < 1.29 is 13.7 Å². The summed E-state index contributed by atoms with van der Waals surface area (Å²) in [5.41, 5.74) is 0.153. The number of aryl methyl sites for hydroxylation is 1. The van der Waals surface area contributed by atoms with Crippen LogP contribution in [0.3, 0.4) is 0 Å². The van der Waals surface area contributed by atoms with Gasteiger partial charge in [-0.2, -0.15) is 0 Å². The van der Waals surface area contributed by atoms with E-state index < -0.39 is 16.4 Å². The van der Waals surface area contributed by atoms with Gasteiger partial charge in [0.1, 0.15) is 10.6 Å². The van der Waals surface area contributed by atoms with Crippen LogP contribution in [0.1, 0.15) is 39.3 Å². The van der Waals surface area contributed by atoms with Crippen LogP contribution in [-0.2, 0) is 15.5 Å². The standard InChI is InChI=1S/C15H23N3O3S/c1-11-13(17-8-7-16-11)22(20)12-6-5-9-18(10-12)14(19)21-15(2,3)4/h7-8,12H,5-6,9-10H2,1-4H3/t12-,22+/m0/s1. The lowest BCUT2D eigenvalue weighted by atomic mass is 10.1. The first-order chi connectivity index (χ1) is 10.3. The fourth-order valence-electron chi connectivity index (χ4n) is 2.36. The quantitative estimate of drug-likeness (QED) is 0.834. The molecule has 0 unspecified atom stereocenters. The molecule has 7 heteroatoms. The van der Waals surface area contributed by atoms with E-state index in [4.69, 9.17) is 4.74 Å². The number of ether oxygens (including phenoxy) is 1. The first kappa shape index (κ1) is 16.9. The number of piperidine rings is 1. The predicted octanol–water partition coefficient (Wildman–Crippen LogP) is 2.29. The Morgan fingerprint density at radius 3 is 2.68 bits per heavy atom. The van der Waals surface area contributed by atoms with Crippen molar-refractivity contribution in [2.45, 2.75) is 56.4 Å². The van der Waals surface area contributed by atoms with E-state index in [1.165, 1.54) is 0 Å². The minimum absolute atomic E-state index is 0.128. The molecule has 1 aliphatic rings. The van der Waals surface area contributed by atoms with Gasteiger partial charge in [0, 0.05) is 25.5 Å². The molecular weight excluding hydrogens is 302 g/mol. The third-order valence-corrected chi connectivity index (χ3v) is 5.13. The normalized spacial score (nSPS) is 20.5. The number of carbonyl (C=O) groups is 1. The second kappa shape index (κ2) is 6.73. The van der Waals surface area contributed by atoms with E-state index in [1.54, 1.807) is 24.2 Å². The van der Waals surface area contributed by atoms with Crippen molar-refractivity contribution in [3.05, 3.63) is 18.1 Å². The van der Waals surface area contributed by atoms with Gasteiger partial charge in [-0.15, -0.1) is 0 Å². The van der Waals surface area contributed by atoms with Crippen molar-refractivity contribution in [3.8, 4) is 0 Å². The largest absolute Gasteiger partial charge is 0.444 e. The number of carbonyl (C=O) groups excluding carboxylic acids is 1. The van der Waals surface area contributed by atoms with E-state index in [9.17, 15) is 9.00 Å². The lowest BCUT2D eigenvalue weighted by molar-refractivity contribution is 0.0219. The molecule has 22 heavy (non-hydrogen) atoms. The van der Waals surface area contributed by atoms with E-state index in [2.05, 4.69) is 9.97 Å².